The molecule has 7 heteroatoms. The van der Waals surface area contributed by atoms with Gasteiger partial charge in [-0.05, 0) is 19.4 Å². The SMILES string of the molecule is Cc1ccc(-c2nc3scc(-c4cccc([N+](=O)[O-])c4)n3c2C=O)c(C)c1. The van der Waals surface area contributed by atoms with Crippen molar-refractivity contribution in [2.45, 2.75) is 13.8 Å². The van der Waals surface area contributed by atoms with Crippen LogP contribution in [-0.4, -0.2) is 20.6 Å². The first-order chi connectivity index (χ1) is 13.0. The molecule has 0 saturated heterocycles. The summed E-state index contributed by atoms with van der Waals surface area (Å²) in [6.45, 7) is 4.01. The van der Waals surface area contributed by atoms with E-state index >= 15 is 0 Å². The van der Waals surface area contributed by atoms with Crippen molar-refractivity contribution in [1.29, 1.82) is 0 Å². The smallest absolute Gasteiger partial charge is 0.270 e. The lowest BCUT2D eigenvalue weighted by molar-refractivity contribution is -0.384. The van der Waals surface area contributed by atoms with Crippen molar-refractivity contribution in [3.63, 3.8) is 0 Å². The van der Waals surface area contributed by atoms with Crippen LogP contribution in [0.1, 0.15) is 21.6 Å². The number of imidazole rings is 1. The van der Waals surface area contributed by atoms with Crippen LogP contribution in [0, 0.1) is 24.0 Å². The summed E-state index contributed by atoms with van der Waals surface area (Å²) in [4.78, 5) is 28.0. The molecule has 0 aliphatic rings. The molecule has 27 heavy (non-hydrogen) atoms. The number of aromatic nitrogens is 2. The van der Waals surface area contributed by atoms with Gasteiger partial charge in [-0.2, -0.15) is 0 Å². The number of hydrogen-bond donors (Lipinski definition) is 0. The summed E-state index contributed by atoms with van der Waals surface area (Å²) >= 11 is 1.40. The lowest BCUT2D eigenvalue weighted by atomic mass is 10.0. The van der Waals surface area contributed by atoms with E-state index in [-0.39, 0.29) is 5.69 Å². The highest BCUT2D eigenvalue weighted by molar-refractivity contribution is 7.15. The molecule has 0 aliphatic heterocycles. The summed E-state index contributed by atoms with van der Waals surface area (Å²) in [6, 6.07) is 12.4. The molecule has 6 nitrogen and oxygen atoms in total. The van der Waals surface area contributed by atoms with Crippen molar-refractivity contribution in [3.05, 3.63) is 74.8 Å². The monoisotopic (exact) mass is 377 g/mol. The van der Waals surface area contributed by atoms with Crippen molar-refractivity contribution in [3.8, 4) is 22.5 Å². The van der Waals surface area contributed by atoms with Crippen LogP contribution in [0.15, 0.2) is 47.8 Å². The number of nitro groups is 1. The number of non-ortho nitro benzene ring substituents is 1. The first kappa shape index (κ1) is 17.1. The molecular formula is C20H15N3O3S. The molecule has 134 valence electrons. The second-order valence-corrected chi connectivity index (χ2v) is 7.16. The summed E-state index contributed by atoms with van der Waals surface area (Å²) in [7, 11) is 0. The van der Waals surface area contributed by atoms with E-state index in [0.29, 0.717) is 27.6 Å². The quantitative estimate of drug-likeness (QED) is 0.283. The van der Waals surface area contributed by atoms with E-state index in [1.807, 2.05) is 31.4 Å². The molecule has 0 radical (unpaired) electrons. The van der Waals surface area contributed by atoms with Gasteiger partial charge in [-0.15, -0.1) is 11.3 Å². The molecule has 0 bridgehead atoms. The maximum atomic E-state index is 11.9. The summed E-state index contributed by atoms with van der Waals surface area (Å²) in [5.41, 5.74) is 5.55. The topological polar surface area (TPSA) is 77.5 Å². The zero-order valence-corrected chi connectivity index (χ0v) is 15.5. The molecule has 0 atom stereocenters. The molecule has 0 saturated carbocycles. The first-order valence-electron chi connectivity index (χ1n) is 8.27. The Hall–Kier alpha value is -3.32. The lowest BCUT2D eigenvalue weighted by Gasteiger charge is -2.06. The number of aryl methyl sites for hydroxylation is 2. The molecule has 0 aliphatic carbocycles. The Bertz CT molecular complexity index is 1210. The fraction of sp³-hybridized carbons (Fsp3) is 0.100. The number of carbonyl (C=O) groups excluding carboxylic acids is 1. The molecule has 2 heterocycles. The minimum atomic E-state index is -0.428. The summed E-state index contributed by atoms with van der Waals surface area (Å²) in [6.07, 6.45) is 0.794. The number of hydrogen-bond acceptors (Lipinski definition) is 5. The largest absolute Gasteiger partial charge is 0.296 e. The number of nitro benzene ring substituents is 1. The fourth-order valence-electron chi connectivity index (χ4n) is 3.25. The van der Waals surface area contributed by atoms with Gasteiger partial charge in [-0.1, -0.05) is 35.9 Å². The van der Waals surface area contributed by atoms with E-state index in [1.165, 1.54) is 23.5 Å². The highest BCUT2D eigenvalue weighted by Gasteiger charge is 2.20. The van der Waals surface area contributed by atoms with Crippen LogP contribution in [0.4, 0.5) is 5.69 Å². The number of thiazole rings is 1. The Labute approximate surface area is 158 Å². The summed E-state index contributed by atoms with van der Waals surface area (Å²) in [5, 5.41) is 13.0. The highest BCUT2D eigenvalue weighted by atomic mass is 32.1. The van der Waals surface area contributed by atoms with Crippen LogP contribution < -0.4 is 0 Å². The maximum Gasteiger partial charge on any atom is 0.270 e. The zero-order valence-electron chi connectivity index (χ0n) is 14.7. The number of carbonyl (C=O) groups is 1. The van der Waals surface area contributed by atoms with Crippen LogP contribution in [-0.2, 0) is 0 Å². The van der Waals surface area contributed by atoms with E-state index in [1.54, 1.807) is 16.5 Å². The Morgan fingerprint density at radius 3 is 2.70 bits per heavy atom. The zero-order chi connectivity index (χ0) is 19.1. The molecule has 2 aromatic heterocycles. The molecule has 0 N–H and O–H groups in total. The van der Waals surface area contributed by atoms with Gasteiger partial charge in [0, 0.05) is 28.6 Å². The molecule has 4 aromatic rings. The second kappa shape index (κ2) is 6.44. The van der Waals surface area contributed by atoms with E-state index < -0.39 is 4.92 Å². The van der Waals surface area contributed by atoms with Crippen LogP contribution in [0.5, 0.6) is 0 Å². The van der Waals surface area contributed by atoms with E-state index in [2.05, 4.69) is 11.1 Å². The third kappa shape index (κ3) is 2.82. The van der Waals surface area contributed by atoms with Crippen LogP contribution >= 0.6 is 11.3 Å². The molecule has 0 spiro atoms. The Morgan fingerprint density at radius 1 is 1.19 bits per heavy atom. The number of aldehydes is 1. The van der Waals surface area contributed by atoms with Gasteiger partial charge in [-0.3, -0.25) is 19.3 Å². The minimum Gasteiger partial charge on any atom is -0.296 e. The van der Waals surface area contributed by atoms with Gasteiger partial charge in [0.05, 0.1) is 10.6 Å². The normalized spacial score (nSPS) is 11.0. The molecule has 2 aromatic carbocycles. The number of benzene rings is 2. The van der Waals surface area contributed by atoms with Gasteiger partial charge < -0.3 is 0 Å². The fourth-order valence-corrected chi connectivity index (χ4v) is 4.15. The maximum absolute atomic E-state index is 11.9. The van der Waals surface area contributed by atoms with Gasteiger partial charge >= 0.3 is 0 Å². The number of rotatable bonds is 4. The molecule has 0 unspecified atom stereocenters. The van der Waals surface area contributed by atoms with Crippen LogP contribution in [0.25, 0.3) is 27.5 Å². The van der Waals surface area contributed by atoms with Gasteiger partial charge in [-0.25, -0.2) is 4.98 Å². The third-order valence-corrected chi connectivity index (χ3v) is 5.33. The van der Waals surface area contributed by atoms with Crippen molar-refractivity contribution in [1.82, 2.24) is 9.38 Å². The predicted molar refractivity (Wildman–Crippen MR) is 105 cm³/mol. The van der Waals surface area contributed by atoms with E-state index in [9.17, 15) is 14.9 Å². The Morgan fingerprint density at radius 2 is 2.00 bits per heavy atom. The van der Waals surface area contributed by atoms with E-state index in [4.69, 9.17) is 0 Å². The van der Waals surface area contributed by atoms with E-state index in [0.717, 1.165) is 23.0 Å². The third-order valence-electron chi connectivity index (χ3n) is 4.50. The number of nitrogens with zero attached hydrogens (tertiary/aromatic N) is 3. The standard InChI is InChI=1S/C20H15N3O3S/c1-12-6-7-16(13(2)8-12)19-17(10-24)22-18(11-27-20(22)21-19)14-4-3-5-15(9-14)23(25)26/h3-11H,1-2H3. The molecular weight excluding hydrogens is 362 g/mol. The average Bonchev–Trinajstić information content (AvgIpc) is 3.20. The van der Waals surface area contributed by atoms with Crippen molar-refractivity contribution in [2.24, 2.45) is 0 Å². The summed E-state index contributed by atoms with van der Waals surface area (Å²) < 4.78 is 1.77. The number of fused-ring (bicyclic) bond motifs is 1. The molecule has 0 amide bonds. The molecule has 4 rings (SSSR count). The highest BCUT2D eigenvalue weighted by Crippen LogP contribution is 2.34. The van der Waals surface area contributed by atoms with Crippen molar-refractivity contribution in [2.75, 3.05) is 0 Å². The van der Waals surface area contributed by atoms with Crippen molar-refractivity contribution >= 4 is 28.3 Å². The van der Waals surface area contributed by atoms with Gasteiger partial charge in [0.25, 0.3) is 5.69 Å². The Balaban J connectivity index is 1.95. The first-order valence-corrected chi connectivity index (χ1v) is 9.15. The van der Waals surface area contributed by atoms with Crippen LogP contribution in [0.2, 0.25) is 0 Å². The van der Waals surface area contributed by atoms with Crippen LogP contribution in [0.3, 0.4) is 0 Å². The van der Waals surface area contributed by atoms with Crippen molar-refractivity contribution < 1.29 is 9.72 Å². The van der Waals surface area contributed by atoms with Gasteiger partial charge in [0.2, 0.25) is 0 Å². The molecule has 0 fully saturated rings. The lowest BCUT2D eigenvalue weighted by Crippen LogP contribution is -1.96. The van der Waals surface area contributed by atoms with Gasteiger partial charge in [0.15, 0.2) is 11.2 Å². The average molecular weight is 377 g/mol. The Kier molecular flexibility index (Phi) is 4.08. The predicted octanol–water partition coefficient (Wildman–Crippen LogP) is 5.07. The second-order valence-electron chi connectivity index (χ2n) is 6.33. The minimum absolute atomic E-state index is 0.00854. The van der Waals surface area contributed by atoms with Gasteiger partial charge in [0.1, 0.15) is 11.4 Å². The summed E-state index contributed by atoms with van der Waals surface area (Å²) in [5.74, 6) is 0.